The Morgan fingerprint density at radius 1 is 1.12 bits per heavy atom. The molecule has 0 N–H and O–H groups in total. The maximum absolute atomic E-state index is 10.8. The van der Waals surface area contributed by atoms with E-state index in [0.29, 0.717) is 0 Å². The molecule has 0 aromatic heterocycles. The Kier molecular flexibility index (Phi) is 3.64. The fraction of sp³-hybridized carbons (Fsp3) is 0.333. The molecular weight excluding hydrogens is 286 g/mol. The number of hydrogen-bond acceptors (Lipinski definition) is 7. The van der Waals surface area contributed by atoms with Gasteiger partial charge in [-0.15, -0.1) is 0 Å². The van der Waals surface area contributed by atoms with Crippen LogP contribution in [-0.2, 0) is 4.29 Å². The summed E-state index contributed by atoms with van der Waals surface area (Å²) < 4.78 is 35.8. The largest absolute Gasteiger partial charge is 0.381 e. The van der Waals surface area contributed by atoms with Crippen molar-refractivity contribution < 1.29 is 28.5 Å². The highest BCUT2D eigenvalue weighted by molar-refractivity contribution is 8.20. The fourth-order valence-corrected chi connectivity index (χ4v) is 4.92. The van der Waals surface area contributed by atoms with Crippen LogP contribution in [-0.4, -0.2) is 23.4 Å². The molecule has 1 aromatic carbocycles. The van der Waals surface area contributed by atoms with Crippen LogP contribution in [0.4, 0.5) is 0 Å². The quantitative estimate of drug-likeness (QED) is 0.660. The number of benzene rings is 1. The molecule has 0 aliphatic carbocycles. The second-order valence-corrected chi connectivity index (χ2v) is 7.09. The Labute approximate surface area is 109 Å². The number of thioether (sulfide) groups is 2. The summed E-state index contributed by atoms with van der Waals surface area (Å²) in [4.78, 5) is 3.35. The van der Waals surface area contributed by atoms with Crippen LogP contribution in [0.15, 0.2) is 34.1 Å². The van der Waals surface area contributed by atoms with Crippen LogP contribution in [0.3, 0.4) is 0 Å². The zero-order valence-electron chi connectivity index (χ0n) is 9.08. The van der Waals surface area contributed by atoms with Gasteiger partial charge in [0.05, 0.1) is 10.2 Å². The van der Waals surface area contributed by atoms with Crippen molar-refractivity contribution in [2.45, 2.75) is 14.2 Å². The minimum atomic E-state index is -4.48. The maximum Gasteiger partial charge on any atom is 0.381 e. The molecular formula is C9H10ClNO4S2. The van der Waals surface area contributed by atoms with Crippen LogP contribution in [0.2, 0.25) is 0 Å². The molecule has 1 aliphatic heterocycles. The first-order chi connectivity index (χ1) is 7.82. The standard InChI is InChI=1S/C9H10ClNO4S2/c1-11(2)9(15-10(12,13)14)16-7-5-3-4-6-8(7)17-9/h3-6H,1-2H3. The van der Waals surface area contributed by atoms with Crippen molar-refractivity contribution in [2.75, 3.05) is 14.1 Å². The molecule has 17 heavy (non-hydrogen) atoms. The number of fused-ring (bicyclic) bond motifs is 1. The lowest BCUT2D eigenvalue weighted by molar-refractivity contribution is -1.92. The lowest BCUT2D eigenvalue weighted by Gasteiger charge is -2.29. The van der Waals surface area contributed by atoms with Gasteiger partial charge in [-0.25, -0.2) is 4.90 Å². The topological polar surface area (TPSA) is 81.7 Å². The Morgan fingerprint density at radius 2 is 1.59 bits per heavy atom. The summed E-state index contributed by atoms with van der Waals surface area (Å²) in [6, 6.07) is 7.41. The zero-order chi connectivity index (χ0) is 12.7. The van der Waals surface area contributed by atoms with E-state index in [9.17, 15) is 14.0 Å². The van der Waals surface area contributed by atoms with Crippen LogP contribution >= 0.6 is 23.5 Å². The van der Waals surface area contributed by atoms with Crippen LogP contribution in [0.1, 0.15) is 0 Å². The lowest BCUT2D eigenvalue weighted by atomic mass is 10.4. The van der Waals surface area contributed by atoms with Gasteiger partial charge in [0.1, 0.15) is 4.29 Å². The first-order valence-corrected chi connectivity index (χ1v) is 7.45. The van der Waals surface area contributed by atoms with Crippen molar-refractivity contribution in [3.8, 4) is 0 Å². The third-order valence-corrected chi connectivity index (χ3v) is 5.86. The van der Waals surface area contributed by atoms with E-state index in [-0.39, 0.29) is 0 Å². The van der Waals surface area contributed by atoms with E-state index < -0.39 is 14.6 Å². The van der Waals surface area contributed by atoms with Gasteiger partial charge in [-0.3, -0.25) is 0 Å². The zero-order valence-corrected chi connectivity index (χ0v) is 11.5. The summed E-state index contributed by atoms with van der Waals surface area (Å²) in [5, 5.41) is 0. The van der Waals surface area contributed by atoms with E-state index in [1.807, 2.05) is 24.3 Å². The lowest BCUT2D eigenvalue weighted by Crippen LogP contribution is -2.65. The molecule has 0 radical (unpaired) electrons. The van der Waals surface area contributed by atoms with Crippen LogP contribution in [0, 0.1) is 10.2 Å². The number of nitrogens with zero attached hydrogens (tertiary/aromatic N) is 1. The SMILES string of the molecule is CN(C)C1(O[Cl+3]([O-])([O-])[O-])Sc2ccccc2S1. The first kappa shape index (κ1) is 13.4. The van der Waals surface area contributed by atoms with Gasteiger partial charge < -0.3 is 0 Å². The van der Waals surface area contributed by atoms with E-state index >= 15 is 0 Å². The summed E-state index contributed by atoms with van der Waals surface area (Å²) in [6.07, 6.45) is 0. The maximum atomic E-state index is 10.8. The highest BCUT2D eigenvalue weighted by Crippen LogP contribution is 2.57. The van der Waals surface area contributed by atoms with Crippen LogP contribution in [0.25, 0.3) is 0 Å². The van der Waals surface area contributed by atoms with E-state index in [0.717, 1.165) is 9.79 Å². The number of rotatable bonds is 3. The highest BCUT2D eigenvalue weighted by atomic mass is 35.7. The van der Waals surface area contributed by atoms with E-state index in [4.69, 9.17) is 0 Å². The second-order valence-electron chi connectivity index (χ2n) is 3.52. The first-order valence-electron chi connectivity index (χ1n) is 4.58. The van der Waals surface area contributed by atoms with Gasteiger partial charge in [-0.1, -0.05) is 12.1 Å². The molecule has 1 heterocycles. The second kappa shape index (κ2) is 4.60. The molecule has 1 aromatic rings. The molecule has 1 aliphatic rings. The number of halogens is 1. The van der Waals surface area contributed by atoms with Crippen molar-refractivity contribution in [1.82, 2.24) is 4.90 Å². The predicted octanol–water partition coefficient (Wildman–Crippen LogP) is -1.03. The number of hydrogen-bond donors (Lipinski definition) is 0. The van der Waals surface area contributed by atoms with Crippen molar-refractivity contribution >= 4 is 23.5 Å². The third-order valence-electron chi connectivity index (χ3n) is 2.07. The Morgan fingerprint density at radius 3 is 1.94 bits per heavy atom. The van der Waals surface area contributed by atoms with Gasteiger partial charge in [0, 0.05) is 9.79 Å². The van der Waals surface area contributed by atoms with Crippen LogP contribution in [0.5, 0.6) is 0 Å². The van der Waals surface area contributed by atoms with Crippen molar-refractivity contribution in [2.24, 2.45) is 0 Å². The molecule has 8 heteroatoms. The molecule has 0 bridgehead atoms. The van der Waals surface area contributed by atoms with Crippen molar-refractivity contribution in [3.05, 3.63) is 24.3 Å². The Hall–Kier alpha value is 0.01000. The van der Waals surface area contributed by atoms with Gasteiger partial charge in [0.25, 0.3) is 0 Å². The normalized spacial score (nSPS) is 18.5. The molecule has 5 nitrogen and oxygen atoms in total. The molecule has 0 spiro atoms. The van der Waals surface area contributed by atoms with Crippen molar-refractivity contribution in [1.29, 1.82) is 0 Å². The molecule has 0 saturated carbocycles. The van der Waals surface area contributed by atoms with E-state index in [1.54, 1.807) is 19.0 Å². The predicted molar refractivity (Wildman–Crippen MR) is 55.7 cm³/mol. The molecule has 0 unspecified atom stereocenters. The Balaban J connectivity index is 2.29. The average Bonchev–Trinajstić information content (AvgIpc) is 2.53. The molecule has 0 amide bonds. The smallest absolute Gasteiger partial charge is 0.250 e. The summed E-state index contributed by atoms with van der Waals surface area (Å²) >= 11 is 2.40. The van der Waals surface area contributed by atoms with Gasteiger partial charge in [-0.2, -0.15) is 14.0 Å². The minimum absolute atomic E-state index is 0.894. The molecule has 0 atom stereocenters. The fourth-order valence-electron chi connectivity index (χ4n) is 1.32. The minimum Gasteiger partial charge on any atom is -0.250 e. The average molecular weight is 296 g/mol. The van der Waals surface area contributed by atoms with Crippen LogP contribution < -0.4 is 14.0 Å². The van der Waals surface area contributed by atoms with E-state index in [2.05, 4.69) is 4.29 Å². The third kappa shape index (κ3) is 2.88. The molecule has 2 rings (SSSR count). The molecule has 94 valence electrons. The summed E-state index contributed by atoms with van der Waals surface area (Å²) in [6.45, 7) is 0. The molecule has 0 saturated heterocycles. The van der Waals surface area contributed by atoms with Gasteiger partial charge >= 0.3 is 4.39 Å². The van der Waals surface area contributed by atoms with Gasteiger partial charge in [0.2, 0.25) is 0 Å². The molecule has 0 fully saturated rings. The van der Waals surface area contributed by atoms with Gasteiger partial charge in [-0.05, 0) is 49.8 Å². The van der Waals surface area contributed by atoms with E-state index in [1.165, 1.54) is 23.5 Å². The summed E-state index contributed by atoms with van der Waals surface area (Å²) in [5.41, 5.74) is 0. The monoisotopic (exact) mass is 295 g/mol. The highest BCUT2D eigenvalue weighted by Gasteiger charge is 2.55. The Bertz CT molecular complexity index is 399. The summed E-state index contributed by atoms with van der Waals surface area (Å²) in [5.74, 6) is 0. The van der Waals surface area contributed by atoms with Gasteiger partial charge in [0.15, 0.2) is 0 Å². The summed E-state index contributed by atoms with van der Waals surface area (Å²) in [7, 11) is -1.16. The van der Waals surface area contributed by atoms with Crippen molar-refractivity contribution in [3.63, 3.8) is 0 Å².